The molecular formula is C13H14BrN3O2. The number of aromatic carboxylic acids is 1. The van der Waals surface area contributed by atoms with Gasteiger partial charge >= 0.3 is 5.97 Å². The summed E-state index contributed by atoms with van der Waals surface area (Å²) in [5.74, 6) is -0.995. The largest absolute Gasteiger partial charge is 0.476 e. The van der Waals surface area contributed by atoms with Crippen LogP contribution in [0.4, 0.5) is 0 Å². The Bertz CT molecular complexity index is 608. The van der Waals surface area contributed by atoms with Crippen LogP contribution in [0.3, 0.4) is 0 Å². The third-order valence-corrected chi connectivity index (χ3v) is 3.57. The van der Waals surface area contributed by atoms with Gasteiger partial charge < -0.3 is 5.11 Å². The van der Waals surface area contributed by atoms with E-state index in [1.54, 1.807) is 4.68 Å². The van der Waals surface area contributed by atoms with Crippen LogP contribution in [0.2, 0.25) is 0 Å². The van der Waals surface area contributed by atoms with Gasteiger partial charge in [0.1, 0.15) is 0 Å². The summed E-state index contributed by atoms with van der Waals surface area (Å²) in [4.78, 5) is 11.1. The van der Waals surface area contributed by atoms with Crippen LogP contribution in [-0.4, -0.2) is 26.1 Å². The van der Waals surface area contributed by atoms with Crippen molar-refractivity contribution in [2.24, 2.45) is 0 Å². The van der Waals surface area contributed by atoms with Crippen LogP contribution in [0.15, 0.2) is 28.7 Å². The van der Waals surface area contributed by atoms with Gasteiger partial charge in [0.25, 0.3) is 0 Å². The topological polar surface area (TPSA) is 68.0 Å². The highest BCUT2D eigenvalue weighted by Crippen LogP contribution is 2.21. The molecule has 0 saturated carbocycles. The molecule has 2 rings (SSSR count). The van der Waals surface area contributed by atoms with E-state index in [0.717, 1.165) is 10.0 Å². The molecule has 0 unspecified atom stereocenters. The van der Waals surface area contributed by atoms with Gasteiger partial charge in [-0.15, -0.1) is 5.10 Å². The lowest BCUT2D eigenvalue weighted by Gasteiger charge is -2.10. The van der Waals surface area contributed by atoms with Crippen molar-refractivity contribution >= 4 is 21.9 Å². The van der Waals surface area contributed by atoms with Gasteiger partial charge in [0, 0.05) is 4.47 Å². The van der Waals surface area contributed by atoms with E-state index in [9.17, 15) is 4.79 Å². The lowest BCUT2D eigenvalue weighted by molar-refractivity contribution is 0.0688. The predicted octanol–water partition coefficient (Wildman–Crippen LogP) is 2.91. The molecule has 1 heterocycles. The van der Waals surface area contributed by atoms with Gasteiger partial charge in [-0.1, -0.05) is 53.2 Å². The molecule has 0 amide bonds. The molecule has 0 saturated heterocycles. The smallest absolute Gasteiger partial charge is 0.358 e. The molecule has 6 heteroatoms. The van der Waals surface area contributed by atoms with Crippen LogP contribution < -0.4 is 0 Å². The molecule has 0 atom stereocenters. The van der Waals surface area contributed by atoms with Gasteiger partial charge in [-0.2, -0.15) is 0 Å². The normalized spacial score (nSPS) is 10.9. The molecule has 0 spiro atoms. The number of carbonyl (C=O) groups is 1. The molecule has 1 aromatic carbocycles. The van der Waals surface area contributed by atoms with Crippen molar-refractivity contribution in [1.29, 1.82) is 0 Å². The molecule has 0 aliphatic rings. The highest BCUT2D eigenvalue weighted by Gasteiger charge is 2.21. The monoisotopic (exact) mass is 323 g/mol. The van der Waals surface area contributed by atoms with Crippen molar-refractivity contribution in [3.8, 4) is 0 Å². The van der Waals surface area contributed by atoms with Crippen LogP contribution in [0.5, 0.6) is 0 Å². The van der Waals surface area contributed by atoms with E-state index < -0.39 is 5.97 Å². The number of carboxylic acids is 1. The highest BCUT2D eigenvalue weighted by molar-refractivity contribution is 9.10. The number of hydrogen-bond donors (Lipinski definition) is 1. The minimum Gasteiger partial charge on any atom is -0.476 e. The van der Waals surface area contributed by atoms with Crippen molar-refractivity contribution in [3.05, 3.63) is 45.7 Å². The van der Waals surface area contributed by atoms with E-state index >= 15 is 0 Å². The summed E-state index contributed by atoms with van der Waals surface area (Å²) in [6.07, 6.45) is 0. The van der Waals surface area contributed by atoms with Crippen molar-refractivity contribution in [2.75, 3.05) is 0 Å². The Kier molecular flexibility index (Phi) is 3.99. The SMILES string of the molecule is CC(C)c1c(C(=O)O)nnn1Cc1ccccc1Br. The number of halogens is 1. The number of hydrogen-bond acceptors (Lipinski definition) is 3. The zero-order valence-electron chi connectivity index (χ0n) is 10.7. The first-order valence-electron chi connectivity index (χ1n) is 5.90. The van der Waals surface area contributed by atoms with Gasteiger partial charge in [0.15, 0.2) is 5.69 Å². The second kappa shape index (κ2) is 5.52. The third-order valence-electron chi connectivity index (χ3n) is 2.80. The Morgan fingerprint density at radius 1 is 1.42 bits per heavy atom. The quantitative estimate of drug-likeness (QED) is 0.939. The molecule has 2 aromatic rings. The molecule has 19 heavy (non-hydrogen) atoms. The number of benzene rings is 1. The summed E-state index contributed by atoms with van der Waals surface area (Å²) in [5, 5.41) is 16.8. The Hall–Kier alpha value is -1.69. The average molecular weight is 324 g/mol. The van der Waals surface area contributed by atoms with Crippen molar-refractivity contribution in [3.63, 3.8) is 0 Å². The number of nitrogens with zero attached hydrogens (tertiary/aromatic N) is 3. The first kappa shape index (κ1) is 13.7. The maximum atomic E-state index is 11.1. The first-order chi connectivity index (χ1) is 9.00. The van der Waals surface area contributed by atoms with Gasteiger partial charge in [-0.25, -0.2) is 9.48 Å². The lowest BCUT2D eigenvalue weighted by atomic mass is 10.1. The minimum atomic E-state index is -1.04. The standard InChI is InChI=1S/C13H14BrN3O2/c1-8(2)12-11(13(18)19)15-16-17(12)7-9-5-3-4-6-10(9)14/h3-6,8H,7H2,1-2H3,(H,18,19). The molecule has 1 aromatic heterocycles. The molecule has 100 valence electrons. The van der Waals surface area contributed by atoms with E-state index in [4.69, 9.17) is 5.11 Å². The summed E-state index contributed by atoms with van der Waals surface area (Å²) < 4.78 is 2.62. The fourth-order valence-corrected chi connectivity index (χ4v) is 2.36. The maximum Gasteiger partial charge on any atom is 0.358 e. The molecule has 0 fully saturated rings. The van der Waals surface area contributed by atoms with E-state index in [1.165, 1.54) is 0 Å². The zero-order chi connectivity index (χ0) is 14.0. The number of rotatable bonds is 4. The van der Waals surface area contributed by atoms with Gasteiger partial charge in [0.05, 0.1) is 12.2 Å². The van der Waals surface area contributed by atoms with Crippen LogP contribution in [0.25, 0.3) is 0 Å². The number of carboxylic acid groups (broad SMARTS) is 1. The summed E-state index contributed by atoms with van der Waals surface area (Å²) in [7, 11) is 0. The summed E-state index contributed by atoms with van der Waals surface area (Å²) in [6, 6.07) is 7.78. The molecule has 0 aliphatic carbocycles. The molecule has 0 radical (unpaired) electrons. The van der Waals surface area contributed by atoms with E-state index in [1.807, 2.05) is 38.1 Å². The Morgan fingerprint density at radius 3 is 2.68 bits per heavy atom. The Morgan fingerprint density at radius 2 is 2.11 bits per heavy atom. The fraction of sp³-hybridized carbons (Fsp3) is 0.308. The Labute approximate surface area is 119 Å². The third kappa shape index (κ3) is 2.84. The zero-order valence-corrected chi connectivity index (χ0v) is 12.3. The number of aromatic nitrogens is 3. The maximum absolute atomic E-state index is 11.1. The van der Waals surface area contributed by atoms with Crippen LogP contribution in [0.1, 0.15) is 41.5 Å². The molecule has 0 aliphatic heterocycles. The minimum absolute atomic E-state index is 0.0297. The highest BCUT2D eigenvalue weighted by atomic mass is 79.9. The van der Waals surface area contributed by atoms with Crippen molar-refractivity contribution < 1.29 is 9.90 Å². The van der Waals surface area contributed by atoms with Gasteiger partial charge in [0.2, 0.25) is 0 Å². The van der Waals surface area contributed by atoms with Crippen molar-refractivity contribution in [2.45, 2.75) is 26.3 Å². The second-order valence-corrected chi connectivity index (χ2v) is 5.39. The predicted molar refractivity (Wildman–Crippen MR) is 74.3 cm³/mol. The summed E-state index contributed by atoms with van der Waals surface area (Å²) in [6.45, 7) is 4.36. The van der Waals surface area contributed by atoms with E-state index in [0.29, 0.717) is 12.2 Å². The average Bonchev–Trinajstić information content (AvgIpc) is 2.76. The summed E-state index contributed by atoms with van der Waals surface area (Å²) in [5.41, 5.74) is 1.71. The molecular weight excluding hydrogens is 310 g/mol. The van der Waals surface area contributed by atoms with Crippen molar-refractivity contribution in [1.82, 2.24) is 15.0 Å². The van der Waals surface area contributed by atoms with Crippen LogP contribution in [0, 0.1) is 0 Å². The summed E-state index contributed by atoms with van der Waals surface area (Å²) >= 11 is 3.47. The van der Waals surface area contributed by atoms with Crippen LogP contribution in [-0.2, 0) is 6.54 Å². The molecule has 0 bridgehead atoms. The molecule has 1 N–H and O–H groups in total. The Balaban J connectivity index is 2.41. The second-order valence-electron chi connectivity index (χ2n) is 4.53. The van der Waals surface area contributed by atoms with Gasteiger partial charge in [-0.3, -0.25) is 0 Å². The van der Waals surface area contributed by atoms with Crippen LogP contribution >= 0.6 is 15.9 Å². The lowest BCUT2D eigenvalue weighted by Crippen LogP contribution is -2.11. The van der Waals surface area contributed by atoms with E-state index in [2.05, 4.69) is 26.2 Å². The van der Waals surface area contributed by atoms with Gasteiger partial charge in [-0.05, 0) is 17.5 Å². The van der Waals surface area contributed by atoms with E-state index in [-0.39, 0.29) is 11.6 Å². The molecule has 5 nitrogen and oxygen atoms in total. The fourth-order valence-electron chi connectivity index (χ4n) is 1.95. The first-order valence-corrected chi connectivity index (χ1v) is 6.70.